The highest BCUT2D eigenvalue weighted by molar-refractivity contribution is 7.92. The second-order valence-electron chi connectivity index (χ2n) is 6.92. The van der Waals surface area contributed by atoms with Crippen LogP contribution in [0.25, 0.3) is 10.6 Å². The summed E-state index contributed by atoms with van der Waals surface area (Å²) >= 11 is 7.13. The smallest absolute Gasteiger partial charge is 0.336 e. The van der Waals surface area contributed by atoms with Crippen LogP contribution >= 0.6 is 22.9 Å². The van der Waals surface area contributed by atoms with Crippen LogP contribution in [0.2, 0.25) is 5.02 Å². The fourth-order valence-corrected chi connectivity index (χ4v) is 5.88. The Bertz CT molecular complexity index is 1290. The molecule has 0 atom stereocenters. The summed E-state index contributed by atoms with van der Waals surface area (Å²) in [7, 11) is -4.08. The first kappa shape index (κ1) is 23.2. The summed E-state index contributed by atoms with van der Waals surface area (Å²) < 4.78 is 41.5. The van der Waals surface area contributed by atoms with Crippen LogP contribution < -0.4 is 4.31 Å². The lowest BCUT2D eigenvalue weighted by Crippen LogP contribution is -2.32. The van der Waals surface area contributed by atoms with Crippen molar-refractivity contribution in [3.8, 4) is 10.6 Å². The molecule has 0 unspecified atom stereocenters. The van der Waals surface area contributed by atoms with E-state index in [2.05, 4.69) is 4.98 Å². The number of carboxylic acids is 1. The van der Waals surface area contributed by atoms with Crippen molar-refractivity contribution in [2.24, 2.45) is 0 Å². The molecule has 0 saturated heterocycles. The van der Waals surface area contributed by atoms with Gasteiger partial charge in [0.1, 0.15) is 10.8 Å². The minimum atomic E-state index is -4.08. The van der Waals surface area contributed by atoms with Crippen LogP contribution in [0.4, 0.5) is 10.2 Å². The maximum absolute atomic E-state index is 13.5. The fraction of sp³-hybridized carbons (Fsp3) is 0.238. The van der Waals surface area contributed by atoms with Crippen molar-refractivity contribution < 1.29 is 22.7 Å². The topological polar surface area (TPSA) is 87.6 Å². The van der Waals surface area contributed by atoms with Crippen molar-refractivity contribution in [3.05, 3.63) is 62.7 Å². The standard InChI is InChI=1S/C21H20ClFN2O4S2/c1-5-25(31(28,29)15-8-11(2)12(3)16(10-15)21(26)27)19-13(4)30-20(24-19)14-6-7-18(23)17(22)9-14/h6-10H,5H2,1-4H3,(H,26,27). The molecule has 0 radical (unpaired) electrons. The SMILES string of the molecule is CCN(c1nc(-c2ccc(F)c(Cl)c2)sc1C)S(=O)(=O)c1cc(C)c(C)c(C(=O)O)c1. The first-order chi connectivity index (χ1) is 14.5. The highest BCUT2D eigenvalue weighted by atomic mass is 35.5. The number of rotatable bonds is 6. The van der Waals surface area contributed by atoms with Gasteiger partial charge in [0.25, 0.3) is 10.0 Å². The molecule has 0 aliphatic heterocycles. The summed E-state index contributed by atoms with van der Waals surface area (Å²) in [5, 5.41) is 9.89. The molecule has 0 aliphatic carbocycles. The molecule has 6 nitrogen and oxygen atoms in total. The Morgan fingerprint density at radius 2 is 1.90 bits per heavy atom. The van der Waals surface area contributed by atoms with Gasteiger partial charge in [-0.25, -0.2) is 26.9 Å². The first-order valence-corrected chi connectivity index (χ1v) is 11.9. The number of halogens is 2. The van der Waals surface area contributed by atoms with E-state index < -0.39 is 21.8 Å². The molecule has 164 valence electrons. The van der Waals surface area contributed by atoms with Crippen molar-refractivity contribution in [3.63, 3.8) is 0 Å². The third-order valence-electron chi connectivity index (χ3n) is 4.92. The van der Waals surface area contributed by atoms with Crippen LogP contribution in [-0.2, 0) is 10.0 Å². The average molecular weight is 483 g/mol. The molecule has 0 spiro atoms. The summed E-state index contributed by atoms with van der Waals surface area (Å²) in [5.74, 6) is -1.51. The summed E-state index contributed by atoms with van der Waals surface area (Å²) in [4.78, 5) is 16.6. The number of anilines is 1. The third kappa shape index (κ3) is 4.30. The number of hydrogen-bond acceptors (Lipinski definition) is 5. The number of thiazole rings is 1. The zero-order valence-electron chi connectivity index (χ0n) is 17.2. The van der Waals surface area contributed by atoms with Gasteiger partial charge in [0.05, 0.1) is 15.5 Å². The second kappa shape index (κ2) is 8.57. The highest BCUT2D eigenvalue weighted by Crippen LogP contribution is 2.36. The highest BCUT2D eigenvalue weighted by Gasteiger charge is 2.29. The minimum absolute atomic E-state index is 0.0526. The molecule has 31 heavy (non-hydrogen) atoms. The Hall–Kier alpha value is -2.49. The molecular weight excluding hydrogens is 463 g/mol. The maximum atomic E-state index is 13.5. The largest absolute Gasteiger partial charge is 0.478 e. The lowest BCUT2D eigenvalue weighted by atomic mass is 10.0. The van der Waals surface area contributed by atoms with Crippen LogP contribution in [0.15, 0.2) is 35.2 Å². The Kier molecular flexibility index (Phi) is 6.40. The van der Waals surface area contributed by atoms with E-state index in [0.717, 1.165) is 4.31 Å². The van der Waals surface area contributed by atoms with Crippen molar-refractivity contribution in [2.45, 2.75) is 32.6 Å². The molecule has 0 fully saturated rings. The van der Waals surface area contributed by atoms with Crippen molar-refractivity contribution in [1.82, 2.24) is 4.98 Å². The van der Waals surface area contributed by atoms with Gasteiger partial charge >= 0.3 is 5.97 Å². The number of nitrogens with zero attached hydrogens (tertiary/aromatic N) is 2. The second-order valence-corrected chi connectivity index (χ2v) is 10.4. The first-order valence-electron chi connectivity index (χ1n) is 9.27. The zero-order chi connectivity index (χ0) is 23.1. The van der Waals surface area contributed by atoms with E-state index in [1.807, 2.05) is 0 Å². The predicted octanol–water partition coefficient (Wildman–Crippen LogP) is 5.44. The van der Waals surface area contributed by atoms with Crippen molar-refractivity contribution in [2.75, 3.05) is 10.8 Å². The number of carbonyl (C=O) groups is 1. The number of aromatic carboxylic acids is 1. The molecule has 2 aromatic carbocycles. The predicted molar refractivity (Wildman–Crippen MR) is 120 cm³/mol. The summed E-state index contributed by atoms with van der Waals surface area (Å²) in [6, 6.07) is 6.82. The molecule has 1 heterocycles. The third-order valence-corrected chi connectivity index (χ3v) is 8.06. The number of benzene rings is 2. The van der Waals surface area contributed by atoms with Crippen LogP contribution in [0.3, 0.4) is 0 Å². The number of sulfonamides is 1. The molecule has 0 bridgehead atoms. The van der Waals surface area contributed by atoms with Crippen LogP contribution in [0.5, 0.6) is 0 Å². The van der Waals surface area contributed by atoms with Gasteiger partial charge in [-0.05, 0) is 69.2 Å². The van der Waals surface area contributed by atoms with E-state index in [4.69, 9.17) is 11.6 Å². The fourth-order valence-electron chi connectivity index (χ4n) is 3.13. The molecule has 3 rings (SSSR count). The van der Waals surface area contributed by atoms with E-state index in [1.54, 1.807) is 27.7 Å². The van der Waals surface area contributed by atoms with Crippen LogP contribution in [-0.4, -0.2) is 31.0 Å². The average Bonchev–Trinajstić information content (AvgIpc) is 3.07. The van der Waals surface area contributed by atoms with E-state index >= 15 is 0 Å². The van der Waals surface area contributed by atoms with Gasteiger partial charge in [0, 0.05) is 17.0 Å². The Morgan fingerprint density at radius 1 is 1.23 bits per heavy atom. The lowest BCUT2D eigenvalue weighted by molar-refractivity contribution is 0.0695. The number of carboxylic acid groups (broad SMARTS) is 1. The maximum Gasteiger partial charge on any atom is 0.336 e. The zero-order valence-corrected chi connectivity index (χ0v) is 19.6. The minimum Gasteiger partial charge on any atom is -0.478 e. The lowest BCUT2D eigenvalue weighted by Gasteiger charge is -2.22. The Balaban J connectivity index is 2.11. The van der Waals surface area contributed by atoms with Crippen LogP contribution in [0, 0.1) is 26.6 Å². The van der Waals surface area contributed by atoms with Gasteiger partial charge < -0.3 is 5.11 Å². The van der Waals surface area contributed by atoms with E-state index in [0.29, 0.717) is 26.6 Å². The summed E-state index contributed by atoms with van der Waals surface area (Å²) in [6.07, 6.45) is 0. The van der Waals surface area contributed by atoms with Gasteiger partial charge in [0.2, 0.25) is 0 Å². The Labute approximate surface area is 189 Å². The van der Waals surface area contributed by atoms with Crippen molar-refractivity contribution >= 4 is 44.7 Å². The number of aromatic nitrogens is 1. The monoisotopic (exact) mass is 482 g/mol. The molecular formula is C21H20ClFN2O4S2. The molecule has 1 N–H and O–H groups in total. The van der Waals surface area contributed by atoms with E-state index in [9.17, 15) is 22.7 Å². The number of hydrogen-bond donors (Lipinski definition) is 1. The summed E-state index contributed by atoms with van der Waals surface area (Å²) in [6.45, 7) is 6.80. The number of aryl methyl sites for hydroxylation is 2. The molecule has 0 aliphatic rings. The molecule has 1 aromatic heterocycles. The van der Waals surface area contributed by atoms with E-state index in [1.165, 1.54) is 41.7 Å². The molecule has 0 saturated carbocycles. The van der Waals surface area contributed by atoms with Gasteiger partial charge in [-0.15, -0.1) is 11.3 Å². The quantitative estimate of drug-likeness (QED) is 0.505. The van der Waals surface area contributed by atoms with Gasteiger partial charge in [-0.3, -0.25) is 0 Å². The molecule has 10 heteroatoms. The molecule has 3 aromatic rings. The van der Waals surface area contributed by atoms with E-state index in [-0.39, 0.29) is 27.8 Å². The van der Waals surface area contributed by atoms with Gasteiger partial charge in [-0.1, -0.05) is 11.6 Å². The normalized spacial score (nSPS) is 11.5. The Morgan fingerprint density at radius 3 is 2.48 bits per heavy atom. The van der Waals surface area contributed by atoms with Gasteiger partial charge in [-0.2, -0.15) is 0 Å². The van der Waals surface area contributed by atoms with Crippen molar-refractivity contribution in [1.29, 1.82) is 0 Å². The van der Waals surface area contributed by atoms with Gasteiger partial charge in [0.15, 0.2) is 5.82 Å². The van der Waals surface area contributed by atoms with Crippen LogP contribution in [0.1, 0.15) is 33.3 Å². The summed E-state index contributed by atoms with van der Waals surface area (Å²) in [5.41, 5.74) is 1.57. The molecule has 0 amide bonds.